The lowest BCUT2D eigenvalue weighted by atomic mass is 10.1. The molecular weight excluding hydrogens is 413 g/mol. The smallest absolute Gasteiger partial charge is 0.416 e. The number of rotatable bonds is 7. The van der Waals surface area contributed by atoms with Crippen LogP contribution in [0.3, 0.4) is 0 Å². The molecule has 7 nitrogen and oxygen atoms in total. The number of benzene rings is 1. The summed E-state index contributed by atoms with van der Waals surface area (Å²) >= 11 is 0. The second kappa shape index (κ2) is 8.83. The number of carbonyl (C=O) groups is 1. The number of pyridine rings is 1. The van der Waals surface area contributed by atoms with Crippen LogP contribution in [0.2, 0.25) is 0 Å². The summed E-state index contributed by atoms with van der Waals surface area (Å²) in [4.78, 5) is 16.9. The number of aryl methyl sites for hydroxylation is 3. The first-order valence-electron chi connectivity index (χ1n) is 9.67. The van der Waals surface area contributed by atoms with Crippen molar-refractivity contribution in [2.45, 2.75) is 33.4 Å². The Kier molecular flexibility index (Phi) is 6.37. The van der Waals surface area contributed by atoms with Crippen LogP contribution in [0.25, 0.3) is 11.0 Å². The number of carbonyl (C=O) groups excluding carboxylic acids is 1. The Morgan fingerprint density at radius 3 is 2.61 bits per heavy atom. The highest BCUT2D eigenvalue weighted by atomic mass is 19.4. The second-order valence-electron chi connectivity index (χ2n) is 7.10. The van der Waals surface area contributed by atoms with Crippen LogP contribution in [0.4, 0.5) is 18.9 Å². The van der Waals surface area contributed by atoms with Gasteiger partial charge in [-0.1, -0.05) is 6.92 Å². The van der Waals surface area contributed by atoms with Crippen LogP contribution in [0.15, 0.2) is 24.3 Å². The minimum absolute atomic E-state index is 0.0729. The Hall–Kier alpha value is -3.30. The largest absolute Gasteiger partial charge is 0.491 e. The maximum absolute atomic E-state index is 13.1. The van der Waals surface area contributed by atoms with Crippen LogP contribution in [-0.4, -0.2) is 33.9 Å². The molecule has 1 N–H and O–H groups in total. The maximum Gasteiger partial charge on any atom is 0.416 e. The molecule has 0 fully saturated rings. The molecule has 0 saturated heterocycles. The van der Waals surface area contributed by atoms with Crippen LogP contribution in [0.5, 0.6) is 11.6 Å². The number of anilines is 1. The SMILES string of the molecule is CCCOc1ccc(C(F)(F)F)cc1NC(=O)COc1nn(C)c2nc(C)cc(C)c12. The number of hydrogen-bond acceptors (Lipinski definition) is 5. The van der Waals surface area contributed by atoms with Gasteiger partial charge in [-0.3, -0.25) is 4.79 Å². The van der Waals surface area contributed by atoms with Crippen molar-refractivity contribution in [3.8, 4) is 11.6 Å². The van der Waals surface area contributed by atoms with Gasteiger partial charge in [-0.2, -0.15) is 13.2 Å². The van der Waals surface area contributed by atoms with Crippen LogP contribution >= 0.6 is 0 Å². The first-order valence-corrected chi connectivity index (χ1v) is 9.67. The molecule has 166 valence electrons. The minimum Gasteiger partial charge on any atom is -0.491 e. The van der Waals surface area contributed by atoms with Gasteiger partial charge in [-0.05, 0) is 50.1 Å². The zero-order valence-electron chi connectivity index (χ0n) is 17.6. The molecule has 0 aliphatic heterocycles. The van der Waals surface area contributed by atoms with E-state index in [9.17, 15) is 18.0 Å². The quantitative estimate of drug-likeness (QED) is 0.594. The lowest BCUT2D eigenvalue weighted by Gasteiger charge is -2.15. The predicted molar refractivity (Wildman–Crippen MR) is 109 cm³/mol. The lowest BCUT2D eigenvalue weighted by Crippen LogP contribution is -2.21. The number of ether oxygens (including phenoxy) is 2. The first kappa shape index (κ1) is 22.4. The average molecular weight is 436 g/mol. The molecule has 3 rings (SSSR count). The Balaban J connectivity index is 1.79. The predicted octanol–water partition coefficient (Wildman–Crippen LogP) is 4.41. The summed E-state index contributed by atoms with van der Waals surface area (Å²) in [6.45, 7) is 5.47. The fourth-order valence-electron chi connectivity index (χ4n) is 3.11. The molecule has 2 aromatic heterocycles. The van der Waals surface area contributed by atoms with E-state index in [1.807, 2.05) is 26.8 Å². The van der Waals surface area contributed by atoms with Gasteiger partial charge in [0, 0.05) is 12.7 Å². The van der Waals surface area contributed by atoms with E-state index in [0.717, 1.165) is 23.4 Å². The molecule has 10 heteroatoms. The van der Waals surface area contributed by atoms with Gasteiger partial charge < -0.3 is 14.8 Å². The van der Waals surface area contributed by atoms with Crippen molar-refractivity contribution in [1.82, 2.24) is 14.8 Å². The van der Waals surface area contributed by atoms with E-state index < -0.39 is 24.3 Å². The van der Waals surface area contributed by atoms with Gasteiger partial charge in [-0.25, -0.2) is 9.67 Å². The van der Waals surface area contributed by atoms with E-state index >= 15 is 0 Å². The van der Waals surface area contributed by atoms with Gasteiger partial charge >= 0.3 is 6.18 Å². The summed E-state index contributed by atoms with van der Waals surface area (Å²) in [5.74, 6) is -0.261. The number of alkyl halides is 3. The van der Waals surface area contributed by atoms with Gasteiger partial charge in [0.05, 0.1) is 23.2 Å². The van der Waals surface area contributed by atoms with Crippen LogP contribution < -0.4 is 14.8 Å². The van der Waals surface area contributed by atoms with E-state index in [1.165, 1.54) is 6.07 Å². The van der Waals surface area contributed by atoms with Gasteiger partial charge in [0.2, 0.25) is 5.88 Å². The highest BCUT2D eigenvalue weighted by molar-refractivity contribution is 5.94. The topological polar surface area (TPSA) is 78.3 Å². The first-order chi connectivity index (χ1) is 14.6. The molecule has 1 aromatic carbocycles. The molecule has 0 radical (unpaired) electrons. The Morgan fingerprint density at radius 2 is 1.94 bits per heavy atom. The van der Waals surface area contributed by atoms with Crippen molar-refractivity contribution in [3.05, 3.63) is 41.1 Å². The number of hydrogen-bond donors (Lipinski definition) is 1. The lowest BCUT2D eigenvalue weighted by molar-refractivity contribution is -0.137. The fraction of sp³-hybridized carbons (Fsp3) is 0.381. The zero-order chi connectivity index (χ0) is 22.8. The van der Waals surface area contributed by atoms with Gasteiger partial charge in [-0.15, -0.1) is 5.10 Å². The Morgan fingerprint density at radius 1 is 1.19 bits per heavy atom. The summed E-state index contributed by atoms with van der Waals surface area (Å²) in [6, 6.07) is 4.82. The number of aromatic nitrogens is 3. The summed E-state index contributed by atoms with van der Waals surface area (Å²) in [5.41, 5.74) is 1.36. The van der Waals surface area contributed by atoms with E-state index in [4.69, 9.17) is 9.47 Å². The van der Waals surface area contributed by atoms with Crippen LogP contribution in [0.1, 0.15) is 30.2 Å². The van der Waals surface area contributed by atoms with E-state index in [1.54, 1.807) is 11.7 Å². The zero-order valence-corrected chi connectivity index (χ0v) is 17.6. The van der Waals surface area contributed by atoms with E-state index in [0.29, 0.717) is 24.1 Å². The number of nitrogens with one attached hydrogen (secondary N) is 1. The average Bonchev–Trinajstić information content (AvgIpc) is 3.00. The van der Waals surface area contributed by atoms with Crippen molar-refractivity contribution in [3.63, 3.8) is 0 Å². The van der Waals surface area contributed by atoms with Crippen LogP contribution in [-0.2, 0) is 18.0 Å². The molecule has 0 aliphatic rings. The maximum atomic E-state index is 13.1. The molecule has 31 heavy (non-hydrogen) atoms. The monoisotopic (exact) mass is 436 g/mol. The molecule has 0 bridgehead atoms. The number of fused-ring (bicyclic) bond motifs is 1. The van der Waals surface area contributed by atoms with Crippen molar-refractivity contribution in [2.24, 2.45) is 7.05 Å². The van der Waals surface area contributed by atoms with Crippen molar-refractivity contribution >= 4 is 22.6 Å². The minimum atomic E-state index is -4.55. The second-order valence-corrected chi connectivity index (χ2v) is 7.10. The molecule has 0 aliphatic carbocycles. The van der Waals surface area contributed by atoms with Crippen molar-refractivity contribution in [2.75, 3.05) is 18.5 Å². The molecule has 3 aromatic rings. The third-order valence-corrected chi connectivity index (χ3v) is 4.47. The molecule has 1 amide bonds. The Labute approximate surface area is 177 Å². The molecule has 0 unspecified atom stereocenters. The van der Waals surface area contributed by atoms with E-state index in [-0.39, 0.29) is 17.3 Å². The Bertz CT molecular complexity index is 1110. The van der Waals surface area contributed by atoms with Gasteiger partial charge in [0.15, 0.2) is 12.3 Å². The normalized spacial score (nSPS) is 11.6. The van der Waals surface area contributed by atoms with Gasteiger partial charge in [0.25, 0.3) is 5.91 Å². The molecule has 0 atom stereocenters. The van der Waals surface area contributed by atoms with Crippen molar-refractivity contribution < 1.29 is 27.4 Å². The van der Waals surface area contributed by atoms with Crippen molar-refractivity contribution in [1.29, 1.82) is 0 Å². The molecule has 0 saturated carbocycles. The van der Waals surface area contributed by atoms with Crippen LogP contribution in [0, 0.1) is 13.8 Å². The number of amides is 1. The standard InChI is InChI=1S/C21H23F3N4O3/c1-5-8-30-16-7-6-14(21(22,23)24)10-15(16)26-17(29)11-31-20-18-12(2)9-13(3)25-19(18)28(4)27-20/h6-7,9-10H,5,8,11H2,1-4H3,(H,26,29). The third-order valence-electron chi connectivity index (χ3n) is 4.47. The highest BCUT2D eigenvalue weighted by Crippen LogP contribution is 2.35. The molecule has 2 heterocycles. The van der Waals surface area contributed by atoms with Gasteiger partial charge in [0.1, 0.15) is 5.75 Å². The number of halogens is 3. The summed E-state index contributed by atoms with van der Waals surface area (Å²) < 4.78 is 51.8. The van der Waals surface area contributed by atoms with E-state index in [2.05, 4.69) is 15.4 Å². The number of nitrogens with zero attached hydrogens (tertiary/aromatic N) is 3. The summed E-state index contributed by atoms with van der Waals surface area (Å²) in [5, 5.41) is 7.37. The fourth-order valence-corrected chi connectivity index (χ4v) is 3.11. The summed E-state index contributed by atoms with van der Waals surface area (Å²) in [6.07, 6.45) is -3.88. The third kappa shape index (κ3) is 5.07. The molecular formula is C21H23F3N4O3. The molecule has 0 spiro atoms. The summed E-state index contributed by atoms with van der Waals surface area (Å²) in [7, 11) is 1.71. The highest BCUT2D eigenvalue weighted by Gasteiger charge is 2.31.